The molecule has 1 atom stereocenters. The van der Waals surface area contributed by atoms with Crippen molar-refractivity contribution in [2.24, 2.45) is 5.73 Å². The van der Waals surface area contributed by atoms with Crippen molar-refractivity contribution in [3.8, 4) is 11.5 Å². The molecule has 20 heavy (non-hydrogen) atoms. The van der Waals surface area contributed by atoms with Gasteiger partial charge in [-0.2, -0.15) is 0 Å². The van der Waals surface area contributed by atoms with Crippen molar-refractivity contribution in [1.29, 1.82) is 0 Å². The van der Waals surface area contributed by atoms with Gasteiger partial charge in [-0.05, 0) is 24.1 Å². The van der Waals surface area contributed by atoms with Crippen molar-refractivity contribution in [2.45, 2.75) is 12.5 Å². The van der Waals surface area contributed by atoms with Crippen LogP contribution in [0.1, 0.15) is 5.56 Å². The van der Waals surface area contributed by atoms with Gasteiger partial charge in [0.25, 0.3) is 0 Å². The number of benzene rings is 1. The number of rotatable bonds is 5. The number of aliphatic carboxylic acids is 1. The van der Waals surface area contributed by atoms with Crippen molar-refractivity contribution < 1.29 is 19.4 Å². The van der Waals surface area contributed by atoms with Crippen LogP contribution in [0.15, 0.2) is 24.4 Å². The minimum atomic E-state index is -1.03. The molecule has 3 N–H and O–H groups in total. The molecule has 6 heteroatoms. The second-order valence-corrected chi connectivity index (χ2v) is 4.34. The second kappa shape index (κ2) is 5.75. The molecule has 1 aromatic carbocycles. The molecule has 0 fully saturated rings. The summed E-state index contributed by atoms with van der Waals surface area (Å²) in [5.41, 5.74) is 7.11. The maximum atomic E-state index is 10.9. The zero-order valence-electron chi connectivity index (χ0n) is 11.3. The van der Waals surface area contributed by atoms with Crippen LogP contribution in [0.2, 0.25) is 0 Å². The molecule has 106 valence electrons. The van der Waals surface area contributed by atoms with Crippen molar-refractivity contribution in [2.75, 3.05) is 14.2 Å². The molecule has 6 nitrogen and oxygen atoms in total. The predicted octanol–water partition coefficient (Wildman–Crippen LogP) is 1.21. The monoisotopic (exact) mass is 276 g/mol. The number of nitrogens with zero attached hydrogens (tertiary/aromatic N) is 1. The van der Waals surface area contributed by atoms with Crippen molar-refractivity contribution in [1.82, 2.24) is 4.98 Å². The van der Waals surface area contributed by atoms with Crippen molar-refractivity contribution >= 4 is 16.9 Å². The van der Waals surface area contributed by atoms with Gasteiger partial charge >= 0.3 is 5.97 Å². The SMILES string of the molecule is COc1cc2nccc(CC(N)C(=O)O)c2cc1OC. The number of aromatic nitrogens is 1. The molecule has 0 aliphatic heterocycles. The number of ether oxygens (including phenoxy) is 2. The Balaban J connectivity index is 2.53. The highest BCUT2D eigenvalue weighted by Gasteiger charge is 2.15. The van der Waals surface area contributed by atoms with Gasteiger partial charge in [-0.15, -0.1) is 0 Å². The van der Waals surface area contributed by atoms with Crippen LogP contribution < -0.4 is 15.2 Å². The fraction of sp³-hybridized carbons (Fsp3) is 0.286. The highest BCUT2D eigenvalue weighted by Crippen LogP contribution is 2.32. The highest BCUT2D eigenvalue weighted by molar-refractivity contribution is 5.86. The Hall–Kier alpha value is -2.34. The molecule has 0 amide bonds. The Bertz CT molecular complexity index is 642. The van der Waals surface area contributed by atoms with E-state index in [-0.39, 0.29) is 6.42 Å². The van der Waals surface area contributed by atoms with Gasteiger partial charge in [0.05, 0.1) is 19.7 Å². The first-order chi connectivity index (χ1) is 9.56. The number of methoxy groups -OCH3 is 2. The van der Waals surface area contributed by atoms with Crippen molar-refractivity contribution in [3.63, 3.8) is 0 Å². The lowest BCUT2D eigenvalue weighted by Gasteiger charge is -2.12. The zero-order valence-corrected chi connectivity index (χ0v) is 11.3. The van der Waals surface area contributed by atoms with E-state index in [2.05, 4.69) is 4.98 Å². The van der Waals surface area contributed by atoms with E-state index in [4.69, 9.17) is 20.3 Å². The molecule has 0 aliphatic rings. The lowest BCUT2D eigenvalue weighted by atomic mass is 10.0. The number of hydrogen-bond donors (Lipinski definition) is 2. The molecule has 0 spiro atoms. The van der Waals surface area contributed by atoms with Crippen LogP contribution in [0.5, 0.6) is 11.5 Å². The van der Waals surface area contributed by atoms with E-state index < -0.39 is 12.0 Å². The van der Waals surface area contributed by atoms with Crippen molar-refractivity contribution in [3.05, 3.63) is 30.0 Å². The summed E-state index contributed by atoms with van der Waals surface area (Å²) in [6.07, 6.45) is 1.85. The first-order valence-electron chi connectivity index (χ1n) is 6.04. The molecule has 2 aromatic rings. The van der Waals surface area contributed by atoms with Crippen LogP contribution >= 0.6 is 0 Å². The van der Waals surface area contributed by atoms with E-state index in [0.29, 0.717) is 17.0 Å². The number of nitrogens with two attached hydrogens (primary N) is 1. The van der Waals surface area contributed by atoms with Gasteiger partial charge in [-0.3, -0.25) is 9.78 Å². The van der Waals surface area contributed by atoms with E-state index in [1.807, 2.05) is 0 Å². The smallest absolute Gasteiger partial charge is 0.320 e. The standard InChI is InChI=1S/C14H16N2O4/c1-19-12-6-9-8(5-10(15)14(17)18)3-4-16-11(9)7-13(12)20-2/h3-4,6-7,10H,5,15H2,1-2H3,(H,17,18). The van der Waals surface area contributed by atoms with Crippen LogP contribution in [0, 0.1) is 0 Å². The average Bonchev–Trinajstić information content (AvgIpc) is 2.45. The van der Waals surface area contributed by atoms with Gasteiger partial charge in [0, 0.05) is 17.6 Å². The summed E-state index contributed by atoms with van der Waals surface area (Å²) in [5, 5.41) is 9.72. The molecule has 0 radical (unpaired) electrons. The summed E-state index contributed by atoms with van der Waals surface area (Å²) in [6.45, 7) is 0. The number of pyridine rings is 1. The lowest BCUT2D eigenvalue weighted by Crippen LogP contribution is -2.32. The van der Waals surface area contributed by atoms with Gasteiger partial charge < -0.3 is 20.3 Å². The van der Waals surface area contributed by atoms with Crippen LogP contribution in [-0.4, -0.2) is 36.3 Å². The normalized spacial score (nSPS) is 12.2. The maximum Gasteiger partial charge on any atom is 0.320 e. The third kappa shape index (κ3) is 2.65. The fourth-order valence-electron chi connectivity index (χ4n) is 2.03. The quantitative estimate of drug-likeness (QED) is 0.852. The first kappa shape index (κ1) is 14.1. The number of carboxylic acids is 1. The molecule has 1 heterocycles. The Morgan fingerprint density at radius 2 is 2.00 bits per heavy atom. The topological polar surface area (TPSA) is 94.7 Å². The second-order valence-electron chi connectivity index (χ2n) is 4.34. The summed E-state index contributed by atoms with van der Waals surface area (Å²) in [7, 11) is 3.09. The van der Waals surface area contributed by atoms with E-state index in [1.54, 1.807) is 38.6 Å². The highest BCUT2D eigenvalue weighted by atomic mass is 16.5. The van der Waals surface area contributed by atoms with Gasteiger partial charge in [-0.25, -0.2) is 0 Å². The molecule has 0 aliphatic carbocycles. The van der Waals surface area contributed by atoms with Crippen LogP contribution in [0.25, 0.3) is 10.9 Å². The molecule has 0 saturated heterocycles. The van der Waals surface area contributed by atoms with E-state index in [0.717, 1.165) is 10.9 Å². The minimum Gasteiger partial charge on any atom is -0.493 e. The molecule has 0 bridgehead atoms. The van der Waals surface area contributed by atoms with Gasteiger partial charge in [0.15, 0.2) is 11.5 Å². The van der Waals surface area contributed by atoms with E-state index in [1.165, 1.54) is 0 Å². The van der Waals surface area contributed by atoms with Crippen LogP contribution in [-0.2, 0) is 11.2 Å². The summed E-state index contributed by atoms with van der Waals surface area (Å²) in [5.74, 6) is 0.112. The Morgan fingerprint density at radius 3 is 2.60 bits per heavy atom. The third-order valence-corrected chi connectivity index (χ3v) is 3.09. The molecule has 0 saturated carbocycles. The molecule has 1 unspecified atom stereocenters. The molecular weight excluding hydrogens is 260 g/mol. The largest absolute Gasteiger partial charge is 0.493 e. The molecular formula is C14H16N2O4. The molecule has 1 aromatic heterocycles. The fourth-order valence-corrected chi connectivity index (χ4v) is 2.03. The lowest BCUT2D eigenvalue weighted by molar-refractivity contribution is -0.138. The minimum absolute atomic E-state index is 0.226. The van der Waals surface area contributed by atoms with Crippen LogP contribution in [0.3, 0.4) is 0 Å². The van der Waals surface area contributed by atoms with Gasteiger partial charge in [0.1, 0.15) is 6.04 Å². The molecule has 2 rings (SSSR count). The van der Waals surface area contributed by atoms with E-state index in [9.17, 15) is 4.79 Å². The van der Waals surface area contributed by atoms with E-state index >= 15 is 0 Å². The number of fused-ring (bicyclic) bond motifs is 1. The Labute approximate surface area is 116 Å². The summed E-state index contributed by atoms with van der Waals surface area (Å²) in [6, 6.07) is 4.35. The number of carbonyl (C=O) groups is 1. The third-order valence-electron chi connectivity index (χ3n) is 3.09. The maximum absolute atomic E-state index is 10.9. The van der Waals surface area contributed by atoms with Gasteiger partial charge in [0.2, 0.25) is 0 Å². The summed E-state index contributed by atoms with van der Waals surface area (Å²) in [4.78, 5) is 15.1. The first-order valence-corrected chi connectivity index (χ1v) is 6.04. The Morgan fingerprint density at radius 1 is 1.35 bits per heavy atom. The average molecular weight is 276 g/mol. The zero-order chi connectivity index (χ0) is 14.7. The van der Waals surface area contributed by atoms with Crippen LogP contribution in [0.4, 0.5) is 0 Å². The summed E-state index contributed by atoms with van der Waals surface area (Å²) < 4.78 is 10.5. The predicted molar refractivity (Wildman–Crippen MR) is 74.2 cm³/mol. The van der Waals surface area contributed by atoms with Gasteiger partial charge in [-0.1, -0.05) is 0 Å². The Kier molecular flexibility index (Phi) is 4.05. The number of hydrogen-bond acceptors (Lipinski definition) is 5. The number of carboxylic acid groups (broad SMARTS) is 1. The summed E-state index contributed by atoms with van der Waals surface area (Å²) >= 11 is 0.